The number of carbonyl (C=O) groups is 2. The maximum Gasteiger partial charge on any atom is 0.363 e. The molecule has 8 heteroatoms. The summed E-state index contributed by atoms with van der Waals surface area (Å²) in [6, 6.07) is 15.8. The average Bonchev–Trinajstić information content (AvgIpc) is 3.45. The zero-order valence-electron chi connectivity index (χ0n) is 16.7. The highest BCUT2D eigenvalue weighted by Crippen LogP contribution is 2.33. The average molecular weight is 434 g/mol. The largest absolute Gasteiger partial charge is 0.493 e. The zero-order chi connectivity index (χ0) is 21.8. The van der Waals surface area contributed by atoms with Gasteiger partial charge in [0.25, 0.3) is 5.91 Å². The molecule has 3 aromatic rings. The number of ether oxygens (including phenoxy) is 3. The smallest absolute Gasteiger partial charge is 0.363 e. The van der Waals surface area contributed by atoms with Crippen LogP contribution in [0.1, 0.15) is 20.8 Å². The number of para-hydroxylation sites is 1. The molecule has 0 bridgehead atoms. The van der Waals surface area contributed by atoms with Gasteiger partial charge in [0.05, 0.1) is 19.1 Å². The Kier molecular flexibility index (Phi) is 5.81. The first-order valence-corrected chi connectivity index (χ1v) is 10.2. The summed E-state index contributed by atoms with van der Waals surface area (Å²) in [7, 11) is 3.07. The van der Waals surface area contributed by atoms with Crippen molar-refractivity contribution in [1.82, 2.24) is 0 Å². The van der Waals surface area contributed by atoms with E-state index in [2.05, 4.69) is 10.3 Å². The summed E-state index contributed by atoms with van der Waals surface area (Å²) in [4.78, 5) is 29.4. The van der Waals surface area contributed by atoms with Crippen LogP contribution in [0.25, 0.3) is 6.08 Å². The van der Waals surface area contributed by atoms with Gasteiger partial charge in [-0.05, 0) is 47.9 Å². The molecule has 0 fully saturated rings. The second kappa shape index (κ2) is 8.85. The fourth-order valence-corrected chi connectivity index (χ4v) is 3.62. The molecular weight excluding hydrogens is 416 g/mol. The fourth-order valence-electron chi connectivity index (χ4n) is 3.00. The van der Waals surface area contributed by atoms with Gasteiger partial charge in [0.2, 0.25) is 5.90 Å². The quantitative estimate of drug-likeness (QED) is 0.460. The predicted molar refractivity (Wildman–Crippen MR) is 119 cm³/mol. The zero-order valence-corrected chi connectivity index (χ0v) is 17.6. The van der Waals surface area contributed by atoms with Crippen LogP contribution in [-0.2, 0) is 9.53 Å². The number of amides is 1. The minimum atomic E-state index is -0.560. The van der Waals surface area contributed by atoms with Gasteiger partial charge in [0.1, 0.15) is 0 Å². The van der Waals surface area contributed by atoms with E-state index in [-0.39, 0.29) is 17.5 Å². The van der Waals surface area contributed by atoms with Crippen molar-refractivity contribution < 1.29 is 23.8 Å². The van der Waals surface area contributed by atoms with E-state index in [1.807, 2.05) is 11.4 Å². The van der Waals surface area contributed by atoms with Crippen molar-refractivity contribution in [2.45, 2.75) is 0 Å². The maximum atomic E-state index is 12.3. The lowest BCUT2D eigenvalue weighted by Gasteiger charge is -2.09. The molecule has 0 aliphatic carbocycles. The lowest BCUT2D eigenvalue weighted by molar-refractivity contribution is -0.129. The van der Waals surface area contributed by atoms with Crippen molar-refractivity contribution in [3.05, 3.63) is 81.7 Å². The van der Waals surface area contributed by atoms with Crippen LogP contribution < -0.4 is 14.8 Å². The standard InChI is InChI=1S/C23H18N2O5S/c1-28-18-6-3-5-15(20(18)29-2)13-17-23(27)30-22(25-17)14-8-10-16(11-9-14)24-21(26)19-7-4-12-31-19/h3-13H,1-2H3,(H,24,26)/b17-13+. The molecule has 4 rings (SSSR count). The number of hydrogen-bond acceptors (Lipinski definition) is 7. The number of benzene rings is 2. The topological polar surface area (TPSA) is 86.2 Å². The molecule has 2 aromatic carbocycles. The van der Waals surface area contributed by atoms with Gasteiger partial charge in [0.15, 0.2) is 17.2 Å². The van der Waals surface area contributed by atoms with Crippen LogP contribution in [0.4, 0.5) is 5.69 Å². The summed E-state index contributed by atoms with van der Waals surface area (Å²) in [6.45, 7) is 0. The fraction of sp³-hybridized carbons (Fsp3) is 0.0870. The highest BCUT2D eigenvalue weighted by atomic mass is 32.1. The number of esters is 1. The molecule has 1 aliphatic rings. The first-order valence-electron chi connectivity index (χ1n) is 9.28. The molecule has 156 valence electrons. The molecule has 7 nitrogen and oxygen atoms in total. The van der Waals surface area contributed by atoms with E-state index in [4.69, 9.17) is 14.2 Å². The molecule has 0 saturated carbocycles. The van der Waals surface area contributed by atoms with Gasteiger partial charge in [-0.25, -0.2) is 9.79 Å². The normalized spacial score (nSPS) is 14.2. The van der Waals surface area contributed by atoms with E-state index in [0.29, 0.717) is 33.2 Å². The number of carbonyl (C=O) groups excluding carboxylic acids is 2. The first kappa shape index (κ1) is 20.4. The van der Waals surface area contributed by atoms with Crippen molar-refractivity contribution in [3.8, 4) is 11.5 Å². The number of nitrogens with one attached hydrogen (secondary N) is 1. The predicted octanol–water partition coefficient (Wildman–Crippen LogP) is 4.36. The Balaban J connectivity index is 1.55. The Bertz CT molecular complexity index is 1180. The van der Waals surface area contributed by atoms with E-state index in [1.165, 1.54) is 18.4 Å². The number of nitrogens with zero attached hydrogens (tertiary/aromatic N) is 1. The molecule has 0 atom stereocenters. The lowest BCUT2D eigenvalue weighted by Crippen LogP contribution is -2.10. The molecule has 0 unspecified atom stereocenters. The van der Waals surface area contributed by atoms with E-state index in [9.17, 15) is 9.59 Å². The first-order chi connectivity index (χ1) is 15.1. The number of hydrogen-bond donors (Lipinski definition) is 1. The van der Waals surface area contributed by atoms with E-state index < -0.39 is 5.97 Å². The summed E-state index contributed by atoms with van der Waals surface area (Å²) < 4.78 is 16.0. The third-order valence-corrected chi connectivity index (χ3v) is 5.35. The third-order valence-electron chi connectivity index (χ3n) is 4.48. The Hall–Kier alpha value is -3.91. The summed E-state index contributed by atoms with van der Waals surface area (Å²) in [5.41, 5.74) is 2.04. The number of methoxy groups -OCH3 is 2. The van der Waals surface area contributed by atoms with Crippen LogP contribution in [0.2, 0.25) is 0 Å². The van der Waals surface area contributed by atoms with Crippen LogP contribution in [-0.4, -0.2) is 32.0 Å². The van der Waals surface area contributed by atoms with E-state index in [0.717, 1.165) is 0 Å². The van der Waals surface area contributed by atoms with Crippen LogP contribution >= 0.6 is 11.3 Å². The van der Waals surface area contributed by atoms with Gasteiger partial charge in [0, 0.05) is 16.8 Å². The SMILES string of the molecule is COc1cccc(/C=C2/N=C(c3ccc(NC(=O)c4cccs4)cc3)OC2=O)c1OC. The summed E-state index contributed by atoms with van der Waals surface area (Å²) in [6.07, 6.45) is 1.59. The van der Waals surface area contributed by atoms with Gasteiger partial charge < -0.3 is 19.5 Å². The van der Waals surface area contributed by atoms with Gasteiger partial charge in [-0.1, -0.05) is 18.2 Å². The van der Waals surface area contributed by atoms with Crippen LogP contribution in [0.5, 0.6) is 11.5 Å². The van der Waals surface area contributed by atoms with Crippen molar-refractivity contribution in [2.75, 3.05) is 19.5 Å². The Morgan fingerprint density at radius 2 is 1.87 bits per heavy atom. The Labute approximate surface area is 182 Å². The number of rotatable bonds is 6. The molecule has 0 radical (unpaired) electrons. The molecule has 1 amide bonds. The molecular formula is C23H18N2O5S. The third kappa shape index (κ3) is 4.34. The monoisotopic (exact) mass is 434 g/mol. The molecule has 1 N–H and O–H groups in total. The van der Waals surface area contributed by atoms with Gasteiger partial charge in [-0.3, -0.25) is 4.79 Å². The minimum Gasteiger partial charge on any atom is -0.493 e. The van der Waals surface area contributed by atoms with Crippen molar-refractivity contribution in [1.29, 1.82) is 0 Å². The summed E-state index contributed by atoms with van der Waals surface area (Å²) >= 11 is 1.37. The second-order valence-electron chi connectivity index (χ2n) is 6.43. The number of thiophene rings is 1. The molecule has 2 heterocycles. The molecule has 0 spiro atoms. The highest BCUT2D eigenvalue weighted by molar-refractivity contribution is 7.12. The molecule has 31 heavy (non-hydrogen) atoms. The number of cyclic esters (lactones) is 1. The molecule has 1 aliphatic heterocycles. The van der Waals surface area contributed by atoms with Crippen molar-refractivity contribution in [3.63, 3.8) is 0 Å². The van der Waals surface area contributed by atoms with Crippen LogP contribution in [0.15, 0.2) is 70.7 Å². The Morgan fingerprint density at radius 3 is 2.55 bits per heavy atom. The maximum absolute atomic E-state index is 12.3. The number of aliphatic imine (C=N–C) groups is 1. The number of anilines is 1. The lowest BCUT2D eigenvalue weighted by atomic mass is 10.1. The van der Waals surface area contributed by atoms with Crippen LogP contribution in [0.3, 0.4) is 0 Å². The van der Waals surface area contributed by atoms with E-state index >= 15 is 0 Å². The molecule has 1 aromatic heterocycles. The van der Waals surface area contributed by atoms with Gasteiger partial charge in [-0.15, -0.1) is 11.3 Å². The van der Waals surface area contributed by atoms with Crippen molar-refractivity contribution in [2.24, 2.45) is 4.99 Å². The van der Waals surface area contributed by atoms with Crippen molar-refractivity contribution >= 4 is 40.9 Å². The second-order valence-corrected chi connectivity index (χ2v) is 7.38. The van der Waals surface area contributed by atoms with Gasteiger partial charge >= 0.3 is 5.97 Å². The van der Waals surface area contributed by atoms with E-state index in [1.54, 1.807) is 61.7 Å². The minimum absolute atomic E-state index is 0.150. The van der Waals surface area contributed by atoms with Gasteiger partial charge in [-0.2, -0.15) is 0 Å². The molecule has 0 saturated heterocycles. The van der Waals surface area contributed by atoms with Crippen LogP contribution in [0, 0.1) is 0 Å². The summed E-state index contributed by atoms with van der Waals surface area (Å²) in [5.74, 6) is 0.501. The summed E-state index contributed by atoms with van der Waals surface area (Å²) in [5, 5.41) is 4.67. The Morgan fingerprint density at radius 1 is 1.06 bits per heavy atom. The highest BCUT2D eigenvalue weighted by Gasteiger charge is 2.25.